The van der Waals surface area contributed by atoms with Crippen molar-refractivity contribution in [2.75, 3.05) is 0 Å². The van der Waals surface area contributed by atoms with Crippen LogP contribution < -0.4 is 5.43 Å². The minimum absolute atomic E-state index is 0.340. The van der Waals surface area contributed by atoms with E-state index in [4.69, 9.17) is 0 Å². The van der Waals surface area contributed by atoms with Crippen molar-refractivity contribution in [1.29, 1.82) is 0 Å². The fraction of sp³-hybridized carbons (Fsp3) is 0.875. The van der Waals surface area contributed by atoms with Crippen LogP contribution in [0.5, 0.6) is 0 Å². The first-order valence-electron chi connectivity index (χ1n) is 3.80. The van der Waals surface area contributed by atoms with Gasteiger partial charge in [-0.2, -0.15) is 5.10 Å². The Morgan fingerprint density at radius 3 is 2.20 bits per heavy atom. The highest BCUT2D eigenvalue weighted by atomic mass is 15.3. The van der Waals surface area contributed by atoms with Gasteiger partial charge in [-0.1, -0.05) is 20.8 Å². The second kappa shape index (κ2) is 2.26. The van der Waals surface area contributed by atoms with Gasteiger partial charge in [0.05, 0.1) is 0 Å². The van der Waals surface area contributed by atoms with Gasteiger partial charge < -0.3 is 5.43 Å². The highest BCUT2D eigenvalue weighted by Gasteiger charge is 2.30. The summed E-state index contributed by atoms with van der Waals surface area (Å²) in [5.74, 6) is 0.576. The molecule has 0 saturated heterocycles. The van der Waals surface area contributed by atoms with E-state index in [1.54, 1.807) is 0 Å². The van der Waals surface area contributed by atoms with Gasteiger partial charge in [0.2, 0.25) is 0 Å². The maximum atomic E-state index is 4.04. The zero-order valence-electron chi connectivity index (χ0n) is 7.18. The highest BCUT2D eigenvalue weighted by molar-refractivity contribution is 5.64. The molecule has 0 aromatic rings. The molecule has 2 heteroatoms. The van der Waals surface area contributed by atoms with E-state index in [0.717, 1.165) is 0 Å². The number of hydrazone groups is 1. The summed E-state index contributed by atoms with van der Waals surface area (Å²) in [6.07, 6.45) is 2.02. The normalized spacial score (nSPS) is 32.4. The number of nitrogens with zero attached hydrogens (tertiary/aromatic N) is 1. The summed E-state index contributed by atoms with van der Waals surface area (Å²) in [4.78, 5) is 0. The molecule has 1 N–H and O–H groups in total. The first kappa shape index (κ1) is 7.58. The second-order valence-electron chi connectivity index (χ2n) is 4.09. The van der Waals surface area contributed by atoms with Gasteiger partial charge >= 0.3 is 0 Å². The van der Waals surface area contributed by atoms with Crippen LogP contribution >= 0.6 is 0 Å². The number of rotatable bonds is 0. The Kier molecular flexibility index (Phi) is 1.71. The van der Waals surface area contributed by atoms with Crippen LogP contribution in [0.1, 0.15) is 27.7 Å². The third-order valence-electron chi connectivity index (χ3n) is 2.05. The molecule has 1 aliphatic heterocycles. The Bertz CT molecular complexity index is 144. The molecule has 58 valence electrons. The van der Waals surface area contributed by atoms with E-state index in [-0.39, 0.29) is 0 Å². The third-order valence-corrected chi connectivity index (χ3v) is 2.05. The SMILES string of the molecule is C[C@H]1NN=CC1C(C)(C)C. The summed E-state index contributed by atoms with van der Waals surface area (Å²) >= 11 is 0. The summed E-state index contributed by atoms with van der Waals surface area (Å²) in [5, 5.41) is 4.04. The van der Waals surface area contributed by atoms with E-state index in [2.05, 4.69) is 38.2 Å². The number of hydrogen-bond acceptors (Lipinski definition) is 2. The van der Waals surface area contributed by atoms with Gasteiger partial charge in [0.15, 0.2) is 0 Å². The van der Waals surface area contributed by atoms with Gasteiger partial charge in [-0.15, -0.1) is 0 Å². The molecular weight excluding hydrogens is 124 g/mol. The van der Waals surface area contributed by atoms with Crippen molar-refractivity contribution in [3.63, 3.8) is 0 Å². The number of nitrogens with one attached hydrogen (secondary N) is 1. The summed E-state index contributed by atoms with van der Waals surface area (Å²) in [6, 6.07) is 0.500. The van der Waals surface area contributed by atoms with Crippen molar-refractivity contribution in [2.45, 2.75) is 33.7 Å². The van der Waals surface area contributed by atoms with Gasteiger partial charge in [0.1, 0.15) is 0 Å². The zero-order chi connectivity index (χ0) is 7.78. The Hall–Kier alpha value is -0.530. The van der Waals surface area contributed by atoms with E-state index in [9.17, 15) is 0 Å². The predicted octanol–water partition coefficient (Wildman–Crippen LogP) is 1.63. The molecule has 2 atom stereocenters. The molecule has 1 aliphatic rings. The average Bonchev–Trinajstić information content (AvgIpc) is 2.11. The van der Waals surface area contributed by atoms with E-state index in [1.807, 2.05) is 6.21 Å². The van der Waals surface area contributed by atoms with Gasteiger partial charge in [-0.05, 0) is 12.3 Å². The van der Waals surface area contributed by atoms with Crippen molar-refractivity contribution in [3.8, 4) is 0 Å². The molecule has 0 aromatic heterocycles. The van der Waals surface area contributed by atoms with Crippen LogP contribution in [0.2, 0.25) is 0 Å². The molecule has 0 aromatic carbocycles. The molecule has 10 heavy (non-hydrogen) atoms. The Morgan fingerprint density at radius 1 is 1.40 bits per heavy atom. The van der Waals surface area contributed by atoms with E-state index < -0.39 is 0 Å². The smallest absolute Gasteiger partial charge is 0.0495 e. The van der Waals surface area contributed by atoms with Crippen LogP contribution in [-0.2, 0) is 0 Å². The standard InChI is InChI=1S/C8H16N2/c1-6-7(5-9-10-6)8(2,3)4/h5-7,10H,1-4H3/t6-,7?/m1/s1. The van der Waals surface area contributed by atoms with Gasteiger partial charge in [0.25, 0.3) is 0 Å². The lowest BCUT2D eigenvalue weighted by molar-refractivity contribution is 0.278. The lowest BCUT2D eigenvalue weighted by Crippen LogP contribution is -2.33. The second-order valence-corrected chi connectivity index (χ2v) is 4.09. The van der Waals surface area contributed by atoms with E-state index in [0.29, 0.717) is 17.4 Å². The van der Waals surface area contributed by atoms with Crippen molar-refractivity contribution in [2.24, 2.45) is 16.4 Å². The van der Waals surface area contributed by atoms with Crippen LogP contribution in [-0.4, -0.2) is 12.3 Å². The molecule has 0 saturated carbocycles. The largest absolute Gasteiger partial charge is 0.307 e. The topological polar surface area (TPSA) is 24.4 Å². The maximum Gasteiger partial charge on any atom is 0.0495 e. The quantitative estimate of drug-likeness (QED) is 0.543. The van der Waals surface area contributed by atoms with E-state index in [1.165, 1.54) is 0 Å². The molecular formula is C8H16N2. The van der Waals surface area contributed by atoms with Crippen LogP contribution in [0.25, 0.3) is 0 Å². The first-order valence-corrected chi connectivity index (χ1v) is 3.80. The maximum absolute atomic E-state index is 4.04. The monoisotopic (exact) mass is 140 g/mol. The summed E-state index contributed by atoms with van der Waals surface area (Å²) in [6.45, 7) is 8.90. The molecule has 1 unspecified atom stereocenters. The molecule has 0 bridgehead atoms. The van der Waals surface area contributed by atoms with Crippen LogP contribution in [0, 0.1) is 11.3 Å². The van der Waals surface area contributed by atoms with Crippen molar-refractivity contribution < 1.29 is 0 Å². The zero-order valence-corrected chi connectivity index (χ0v) is 7.18. The molecule has 1 heterocycles. The highest BCUT2D eigenvalue weighted by Crippen LogP contribution is 2.28. The summed E-state index contributed by atoms with van der Waals surface area (Å²) in [7, 11) is 0. The Balaban J connectivity index is 2.64. The van der Waals surface area contributed by atoms with E-state index >= 15 is 0 Å². The van der Waals surface area contributed by atoms with Gasteiger partial charge in [-0.3, -0.25) is 0 Å². The molecule has 0 radical (unpaired) electrons. The predicted molar refractivity (Wildman–Crippen MR) is 44.0 cm³/mol. The minimum atomic E-state index is 0.340. The Labute approximate surface area is 62.7 Å². The fourth-order valence-corrected chi connectivity index (χ4v) is 1.42. The minimum Gasteiger partial charge on any atom is -0.307 e. The molecule has 1 rings (SSSR count). The first-order chi connectivity index (χ1) is 4.52. The van der Waals surface area contributed by atoms with Crippen LogP contribution in [0.4, 0.5) is 0 Å². The fourth-order valence-electron chi connectivity index (χ4n) is 1.42. The third kappa shape index (κ3) is 1.31. The average molecular weight is 140 g/mol. The molecule has 2 nitrogen and oxygen atoms in total. The van der Waals surface area contributed by atoms with Crippen LogP contribution in [0.3, 0.4) is 0 Å². The lowest BCUT2D eigenvalue weighted by atomic mass is 9.78. The van der Waals surface area contributed by atoms with Crippen molar-refractivity contribution in [1.82, 2.24) is 5.43 Å². The summed E-state index contributed by atoms with van der Waals surface area (Å²) < 4.78 is 0. The molecule has 0 fully saturated rings. The number of hydrogen-bond donors (Lipinski definition) is 1. The lowest BCUT2D eigenvalue weighted by Gasteiger charge is -2.27. The van der Waals surface area contributed by atoms with Crippen LogP contribution in [0.15, 0.2) is 5.10 Å². The van der Waals surface area contributed by atoms with Gasteiger partial charge in [-0.25, -0.2) is 0 Å². The molecule has 0 spiro atoms. The Morgan fingerprint density at radius 2 is 2.00 bits per heavy atom. The molecule has 0 amide bonds. The molecule has 0 aliphatic carbocycles. The van der Waals surface area contributed by atoms with Crippen molar-refractivity contribution in [3.05, 3.63) is 0 Å². The van der Waals surface area contributed by atoms with Gasteiger partial charge in [0, 0.05) is 18.2 Å². The van der Waals surface area contributed by atoms with Crippen molar-refractivity contribution >= 4 is 6.21 Å². The summed E-state index contributed by atoms with van der Waals surface area (Å²) in [5.41, 5.74) is 3.39.